The second-order valence-corrected chi connectivity index (χ2v) is 8.25. The van der Waals surface area contributed by atoms with E-state index in [0.717, 1.165) is 28.8 Å². The van der Waals surface area contributed by atoms with Crippen LogP contribution in [0.4, 0.5) is 18.0 Å². The molecular weight excluding hydrogens is 423 g/mol. The topological polar surface area (TPSA) is 81.9 Å². The van der Waals surface area contributed by atoms with Gasteiger partial charge in [-0.2, -0.15) is 18.0 Å². The molecule has 170 valence electrons. The molecule has 0 aliphatic rings. The van der Waals surface area contributed by atoms with Crippen LogP contribution in [-0.2, 0) is 23.9 Å². The summed E-state index contributed by atoms with van der Waals surface area (Å²) in [5, 5.41) is 15.1. The normalized spacial score (nSPS) is 11.9. The van der Waals surface area contributed by atoms with Gasteiger partial charge in [0.15, 0.2) is 0 Å². The Bertz CT molecular complexity index is 1060. The van der Waals surface area contributed by atoms with Crippen molar-refractivity contribution in [3.05, 3.63) is 65.2 Å². The second-order valence-electron chi connectivity index (χ2n) is 8.25. The number of halogens is 3. The van der Waals surface area contributed by atoms with Crippen molar-refractivity contribution in [2.45, 2.75) is 45.5 Å². The largest absolute Gasteiger partial charge is 0.448 e. The number of hydrogen-bond acceptors (Lipinski definition) is 5. The minimum Gasteiger partial charge on any atom is -0.448 e. The molecule has 0 unspecified atom stereocenters. The summed E-state index contributed by atoms with van der Waals surface area (Å²) in [6.45, 7) is 5.85. The number of rotatable bonds is 6. The Morgan fingerprint density at radius 2 is 1.75 bits per heavy atom. The van der Waals surface area contributed by atoms with Crippen LogP contribution < -0.4 is 5.32 Å². The van der Waals surface area contributed by atoms with Crippen LogP contribution >= 0.6 is 0 Å². The lowest BCUT2D eigenvalue weighted by molar-refractivity contribution is -0.137. The molecule has 0 atom stereocenters. The summed E-state index contributed by atoms with van der Waals surface area (Å²) < 4.78 is 43.5. The molecule has 10 heteroatoms. The number of tetrazole rings is 1. The quantitative estimate of drug-likeness (QED) is 0.603. The van der Waals surface area contributed by atoms with Crippen LogP contribution in [0, 0.1) is 0 Å². The summed E-state index contributed by atoms with van der Waals surface area (Å²) in [6, 6.07) is 12.4. The second kappa shape index (κ2) is 9.37. The van der Waals surface area contributed by atoms with Crippen molar-refractivity contribution in [2.75, 3.05) is 6.61 Å². The smallest absolute Gasteiger partial charge is 0.416 e. The van der Waals surface area contributed by atoms with Gasteiger partial charge in [0, 0.05) is 11.1 Å². The highest BCUT2D eigenvalue weighted by atomic mass is 19.4. The van der Waals surface area contributed by atoms with Crippen LogP contribution in [0.15, 0.2) is 48.5 Å². The highest BCUT2D eigenvalue weighted by molar-refractivity contribution is 5.68. The monoisotopic (exact) mass is 447 g/mol. The van der Waals surface area contributed by atoms with Crippen molar-refractivity contribution in [3.63, 3.8) is 0 Å². The summed E-state index contributed by atoms with van der Waals surface area (Å²) in [5.41, 5.74) is 1.23. The van der Waals surface area contributed by atoms with Crippen LogP contribution in [0.5, 0.6) is 0 Å². The Morgan fingerprint density at radius 3 is 2.41 bits per heavy atom. The van der Waals surface area contributed by atoms with E-state index in [0.29, 0.717) is 12.2 Å². The number of alkyl carbamates (subject to hydrolysis) is 1. The molecule has 3 aromatic rings. The van der Waals surface area contributed by atoms with Gasteiger partial charge in [-0.05, 0) is 55.7 Å². The van der Waals surface area contributed by atoms with Crippen molar-refractivity contribution in [1.82, 2.24) is 25.5 Å². The van der Waals surface area contributed by atoms with E-state index in [4.69, 9.17) is 4.74 Å². The summed E-state index contributed by atoms with van der Waals surface area (Å²) in [7, 11) is 0. The Hall–Kier alpha value is -3.43. The van der Waals surface area contributed by atoms with Gasteiger partial charge in [0.2, 0.25) is 5.82 Å². The summed E-state index contributed by atoms with van der Waals surface area (Å²) in [6.07, 6.45) is -4.48. The molecule has 3 rings (SSSR count). The number of carbonyl (C=O) groups excluding carboxylic acids is 1. The molecule has 1 aromatic heterocycles. The molecule has 0 saturated carbocycles. The van der Waals surface area contributed by atoms with Crippen molar-refractivity contribution >= 4 is 6.09 Å². The van der Waals surface area contributed by atoms with Gasteiger partial charge in [-0.3, -0.25) is 0 Å². The molecule has 0 spiro atoms. The fourth-order valence-electron chi connectivity index (χ4n) is 2.93. The minimum absolute atomic E-state index is 0.0743. The predicted octanol–water partition coefficient (Wildman–Crippen LogP) is 4.47. The SMILES string of the molecule is CC(C)(C)NC(=O)OCCn1nnc(-c2ccccc2Cc2ccc(C(F)(F)F)cc2)n1. The Labute approximate surface area is 183 Å². The molecule has 0 saturated heterocycles. The van der Waals surface area contributed by atoms with Gasteiger partial charge < -0.3 is 10.1 Å². The zero-order chi connectivity index (χ0) is 23.4. The number of alkyl halides is 3. The third-order valence-electron chi connectivity index (χ3n) is 4.39. The highest BCUT2D eigenvalue weighted by Gasteiger charge is 2.30. The lowest BCUT2D eigenvalue weighted by Crippen LogP contribution is -2.41. The van der Waals surface area contributed by atoms with Crippen molar-refractivity contribution in [3.8, 4) is 11.4 Å². The summed E-state index contributed by atoms with van der Waals surface area (Å²) >= 11 is 0. The Morgan fingerprint density at radius 1 is 1.06 bits per heavy atom. The molecule has 0 aliphatic heterocycles. The van der Waals surface area contributed by atoms with Crippen LogP contribution in [0.1, 0.15) is 37.5 Å². The van der Waals surface area contributed by atoms with Crippen LogP contribution in [0.2, 0.25) is 0 Å². The molecule has 1 heterocycles. The highest BCUT2D eigenvalue weighted by Crippen LogP contribution is 2.30. The Kier molecular flexibility index (Phi) is 6.81. The standard InChI is InChI=1S/C22H24F3N5O2/c1-21(2,3)26-20(31)32-13-12-30-28-19(27-29-30)18-7-5-4-6-16(18)14-15-8-10-17(11-9-15)22(23,24)25/h4-11H,12-14H2,1-3H3,(H,26,31). The van der Waals surface area contributed by atoms with Crippen LogP contribution in [-0.4, -0.2) is 38.4 Å². The number of ether oxygens (including phenoxy) is 1. The summed E-state index contributed by atoms with van der Waals surface area (Å²) in [5.74, 6) is 0.381. The molecule has 1 amide bonds. The predicted molar refractivity (Wildman–Crippen MR) is 112 cm³/mol. The van der Waals surface area contributed by atoms with E-state index in [-0.39, 0.29) is 13.2 Å². The number of nitrogens with zero attached hydrogens (tertiary/aromatic N) is 4. The van der Waals surface area contributed by atoms with Crippen molar-refractivity contribution in [2.24, 2.45) is 0 Å². The first-order valence-corrected chi connectivity index (χ1v) is 9.98. The minimum atomic E-state index is -4.37. The number of hydrogen-bond donors (Lipinski definition) is 1. The van der Waals surface area contributed by atoms with E-state index < -0.39 is 23.4 Å². The van der Waals surface area contributed by atoms with E-state index in [2.05, 4.69) is 20.7 Å². The maximum absolute atomic E-state index is 12.8. The van der Waals surface area contributed by atoms with Gasteiger partial charge in [0.25, 0.3) is 0 Å². The maximum Gasteiger partial charge on any atom is 0.416 e. The fraction of sp³-hybridized carbons (Fsp3) is 0.364. The number of carbonyl (C=O) groups is 1. The molecule has 32 heavy (non-hydrogen) atoms. The lowest BCUT2D eigenvalue weighted by Gasteiger charge is -2.19. The van der Waals surface area contributed by atoms with Gasteiger partial charge in [0.1, 0.15) is 6.61 Å². The molecule has 2 aromatic carbocycles. The van der Waals surface area contributed by atoms with Gasteiger partial charge in [-0.15, -0.1) is 10.2 Å². The first-order chi connectivity index (χ1) is 15.0. The molecule has 7 nitrogen and oxygen atoms in total. The fourth-order valence-corrected chi connectivity index (χ4v) is 2.93. The number of benzene rings is 2. The number of amides is 1. The average molecular weight is 447 g/mol. The van der Waals surface area contributed by atoms with Crippen LogP contribution in [0.25, 0.3) is 11.4 Å². The first kappa shape index (κ1) is 23.2. The molecular formula is C22H24F3N5O2. The maximum atomic E-state index is 12.8. The molecule has 0 aliphatic carbocycles. The third-order valence-corrected chi connectivity index (χ3v) is 4.39. The van der Waals surface area contributed by atoms with Gasteiger partial charge in [-0.1, -0.05) is 36.4 Å². The van der Waals surface area contributed by atoms with Gasteiger partial charge in [-0.25, -0.2) is 4.79 Å². The molecule has 0 radical (unpaired) electrons. The van der Waals surface area contributed by atoms with Crippen molar-refractivity contribution in [1.29, 1.82) is 0 Å². The van der Waals surface area contributed by atoms with Gasteiger partial charge in [0.05, 0.1) is 12.1 Å². The third kappa shape index (κ3) is 6.53. The molecule has 0 fully saturated rings. The number of aromatic nitrogens is 4. The number of nitrogens with one attached hydrogen (secondary N) is 1. The first-order valence-electron chi connectivity index (χ1n) is 9.98. The van der Waals surface area contributed by atoms with E-state index in [1.165, 1.54) is 16.9 Å². The van der Waals surface area contributed by atoms with Crippen molar-refractivity contribution < 1.29 is 22.7 Å². The van der Waals surface area contributed by atoms with E-state index in [1.807, 2.05) is 45.0 Å². The lowest BCUT2D eigenvalue weighted by atomic mass is 9.98. The molecule has 0 bridgehead atoms. The van der Waals surface area contributed by atoms with Crippen LogP contribution in [0.3, 0.4) is 0 Å². The van der Waals surface area contributed by atoms with E-state index in [9.17, 15) is 18.0 Å². The average Bonchev–Trinajstić information content (AvgIpc) is 3.15. The zero-order valence-electron chi connectivity index (χ0n) is 18.0. The summed E-state index contributed by atoms with van der Waals surface area (Å²) in [4.78, 5) is 13.0. The van der Waals surface area contributed by atoms with E-state index in [1.54, 1.807) is 0 Å². The molecule has 1 N–H and O–H groups in total. The van der Waals surface area contributed by atoms with Gasteiger partial charge >= 0.3 is 12.3 Å². The van der Waals surface area contributed by atoms with E-state index >= 15 is 0 Å². The Balaban J connectivity index is 1.66. The zero-order valence-corrected chi connectivity index (χ0v) is 18.0.